The van der Waals surface area contributed by atoms with Crippen molar-refractivity contribution in [3.8, 4) is 0 Å². The van der Waals surface area contributed by atoms with Crippen molar-refractivity contribution in [3.05, 3.63) is 0 Å². The first-order valence-electron chi connectivity index (χ1n) is 0. The average Bonchev–Trinajstić information content (AvgIpc) is 0. The Hall–Kier alpha value is 1.32. The van der Waals surface area contributed by atoms with Gasteiger partial charge in [-0.15, -0.1) is 0 Å². The molecule has 6 heavy (non-hydrogen) atoms. The van der Waals surface area contributed by atoms with E-state index in [0.717, 1.165) is 0 Å². The molecule has 0 aromatic heterocycles. The van der Waals surface area contributed by atoms with E-state index in [1.165, 1.54) is 0 Å². The maximum Gasteiger partial charge on any atom is 0 e. The largest absolute Gasteiger partial charge is 0 e. The average molecular weight is 77.0 g/mol. The Kier molecular flexibility index (Phi) is 2840. The van der Waals surface area contributed by atoms with Crippen LogP contribution in [0.5, 0.6) is 0 Å². The summed E-state index contributed by atoms with van der Waals surface area (Å²) in [7, 11) is 0. The number of hydrogen-bond acceptors (Lipinski definition) is 0. The summed E-state index contributed by atoms with van der Waals surface area (Å²) >= 11 is 0. The quantitative estimate of drug-likeness (QED) is 0.286. The van der Waals surface area contributed by atoms with Crippen LogP contribution in [-0.2, 0) is 0 Å². The predicted molar refractivity (Wildman–Crippen MR) is 34.5 cm³/mol. The molecule has 16 radical (unpaired) electrons. The molecule has 0 aliphatic rings. The van der Waals surface area contributed by atoms with Gasteiger partial charge in [-0.25, -0.2) is 0 Å². The fourth-order valence-electron chi connectivity index (χ4n) is 0. The van der Waals surface area contributed by atoms with Gasteiger partial charge in [0.15, 0.2) is 0 Å². The summed E-state index contributed by atoms with van der Waals surface area (Å²) in [6.07, 6.45) is 0. The van der Waals surface area contributed by atoms with Crippen LogP contribution in [-0.4, -0.2) is 71.6 Å². The summed E-state index contributed by atoms with van der Waals surface area (Å²) in [5.41, 5.74) is 0. The van der Waals surface area contributed by atoms with Gasteiger partial charge in [-0.3, -0.25) is 0 Å². The minimum atomic E-state index is 0. The van der Waals surface area contributed by atoms with Gasteiger partial charge in [0.25, 0.3) is 0 Å². The maximum absolute atomic E-state index is 0. The third-order valence-electron chi connectivity index (χ3n) is 0. The topological polar surface area (TPSA) is 0 Å². The van der Waals surface area contributed by atoms with Gasteiger partial charge in [0, 0.05) is 71.6 Å². The molecule has 0 aromatic rings. The van der Waals surface area contributed by atoms with E-state index in [2.05, 4.69) is 0 Å². The normalized spacial score (nSPS) is 0. The molecule has 0 bridgehead atoms. The monoisotopic (exact) mass is 78.0 g/mol. The summed E-state index contributed by atoms with van der Waals surface area (Å²) in [5, 5.41) is 0. The fraction of sp³-hybridized carbons (Fsp3) is 0. The first kappa shape index (κ1) is 167. The van der Waals surface area contributed by atoms with Gasteiger partial charge < -0.3 is 0 Å². The van der Waals surface area contributed by atoms with Gasteiger partial charge in [0.2, 0.25) is 0 Å². The molecule has 0 N–H and O–H groups in total. The van der Waals surface area contributed by atoms with Gasteiger partial charge in [-0.05, 0) is 0 Å². The standard InChI is InChI=1S/5B.Na. The SMILES string of the molecule is [B].[B].[B].[B].[B].[Na]. The van der Waals surface area contributed by atoms with Crippen LogP contribution in [0.3, 0.4) is 0 Å². The maximum atomic E-state index is 0. The number of hydrogen-bond donors (Lipinski definition) is 0. The first-order valence-corrected chi connectivity index (χ1v) is 0. The van der Waals surface area contributed by atoms with E-state index >= 15 is 0 Å². The molecule has 0 saturated heterocycles. The van der Waals surface area contributed by atoms with Crippen LogP contribution in [0.4, 0.5) is 0 Å². The predicted octanol–water partition coefficient (Wildman–Crippen LogP) is -2.28. The molecule has 0 aliphatic carbocycles. The number of rotatable bonds is 0. The summed E-state index contributed by atoms with van der Waals surface area (Å²) in [4.78, 5) is 0. The molecule has 16 valence electrons. The molecule has 0 rings (SSSR count). The van der Waals surface area contributed by atoms with E-state index in [9.17, 15) is 0 Å². The molecule has 0 fully saturated rings. The van der Waals surface area contributed by atoms with Gasteiger partial charge in [0.05, 0.1) is 0 Å². The van der Waals surface area contributed by atoms with Crippen LogP contribution in [0, 0.1) is 0 Å². The zero-order valence-corrected chi connectivity index (χ0v) is 5.89. The van der Waals surface area contributed by atoms with E-state index in [4.69, 9.17) is 0 Å². The van der Waals surface area contributed by atoms with Crippen LogP contribution in [0.15, 0.2) is 0 Å². The van der Waals surface area contributed by atoms with Crippen LogP contribution in [0.1, 0.15) is 0 Å². The van der Waals surface area contributed by atoms with Gasteiger partial charge in [-0.2, -0.15) is 0 Å². The second-order valence-electron chi connectivity index (χ2n) is 0. The molecule has 0 aromatic carbocycles. The zero-order chi connectivity index (χ0) is 0. The van der Waals surface area contributed by atoms with Crippen molar-refractivity contribution >= 4 is 71.6 Å². The fourth-order valence-corrected chi connectivity index (χ4v) is 0. The molecule has 0 saturated carbocycles. The van der Waals surface area contributed by atoms with Crippen LogP contribution in [0.25, 0.3) is 0 Å². The minimum absolute atomic E-state index is 0. The van der Waals surface area contributed by atoms with Crippen molar-refractivity contribution in [1.82, 2.24) is 0 Å². The van der Waals surface area contributed by atoms with Crippen molar-refractivity contribution in [2.75, 3.05) is 0 Å². The van der Waals surface area contributed by atoms with Crippen molar-refractivity contribution in [2.45, 2.75) is 0 Å². The van der Waals surface area contributed by atoms with Gasteiger partial charge >= 0.3 is 0 Å². The first-order chi connectivity index (χ1) is 0. The third-order valence-corrected chi connectivity index (χ3v) is 0. The van der Waals surface area contributed by atoms with Crippen LogP contribution in [0.2, 0.25) is 0 Å². The molecule has 6 heteroatoms. The van der Waals surface area contributed by atoms with Crippen molar-refractivity contribution in [3.63, 3.8) is 0 Å². The summed E-state index contributed by atoms with van der Waals surface area (Å²) < 4.78 is 0. The molecule has 0 spiro atoms. The molecule has 0 atom stereocenters. The van der Waals surface area contributed by atoms with Crippen LogP contribution >= 0.6 is 0 Å². The summed E-state index contributed by atoms with van der Waals surface area (Å²) in [5.74, 6) is 0. The summed E-state index contributed by atoms with van der Waals surface area (Å²) in [6, 6.07) is 0. The van der Waals surface area contributed by atoms with E-state index in [1.54, 1.807) is 0 Å². The molecular weight excluding hydrogens is 77.0 g/mol. The third kappa shape index (κ3) is 56.8. The Labute approximate surface area is 71.4 Å². The zero-order valence-electron chi connectivity index (χ0n) is 3.89. The molecule has 0 unspecified atom stereocenters. The van der Waals surface area contributed by atoms with E-state index < -0.39 is 0 Å². The smallest absolute Gasteiger partial charge is 0 e. The Bertz CT molecular complexity index is 3.90. The Morgan fingerprint density at radius 2 is 0.333 bits per heavy atom. The van der Waals surface area contributed by atoms with E-state index in [-0.39, 0.29) is 71.6 Å². The minimum Gasteiger partial charge on any atom is 0 e. The Morgan fingerprint density at radius 1 is 0.333 bits per heavy atom. The van der Waals surface area contributed by atoms with Gasteiger partial charge in [0.1, 0.15) is 0 Å². The second kappa shape index (κ2) is 102. The van der Waals surface area contributed by atoms with Crippen molar-refractivity contribution in [2.24, 2.45) is 0 Å². The summed E-state index contributed by atoms with van der Waals surface area (Å²) in [6.45, 7) is 0. The van der Waals surface area contributed by atoms with E-state index in [1.807, 2.05) is 0 Å². The molecule has 0 nitrogen and oxygen atoms in total. The van der Waals surface area contributed by atoms with E-state index in [0.29, 0.717) is 0 Å². The van der Waals surface area contributed by atoms with Crippen molar-refractivity contribution < 1.29 is 0 Å². The second-order valence-corrected chi connectivity index (χ2v) is 0. The molecular formula is B5Na. The Balaban J connectivity index is 0. The molecule has 0 heterocycles. The van der Waals surface area contributed by atoms with Crippen molar-refractivity contribution in [1.29, 1.82) is 0 Å². The van der Waals surface area contributed by atoms with Crippen LogP contribution < -0.4 is 0 Å². The Morgan fingerprint density at radius 3 is 0.333 bits per heavy atom. The molecule has 0 aliphatic heterocycles. The molecule has 0 amide bonds. The van der Waals surface area contributed by atoms with Gasteiger partial charge in [-0.1, -0.05) is 0 Å².